The Morgan fingerprint density at radius 1 is 1.08 bits per heavy atom. The summed E-state index contributed by atoms with van der Waals surface area (Å²) in [7, 11) is 0. The van der Waals surface area contributed by atoms with Crippen molar-refractivity contribution in [3.63, 3.8) is 0 Å². The van der Waals surface area contributed by atoms with Gasteiger partial charge in [-0.25, -0.2) is 0 Å². The average molecular weight is 178 g/mol. The lowest BCUT2D eigenvalue weighted by Gasteiger charge is -2.23. The van der Waals surface area contributed by atoms with Gasteiger partial charge in [0.2, 0.25) is 0 Å². The molecule has 1 aliphatic heterocycles. The summed E-state index contributed by atoms with van der Waals surface area (Å²) in [5.74, 6) is 0.967. The first-order chi connectivity index (χ1) is 6.45. The number of benzene rings is 1. The molecule has 0 unspecified atom stereocenters. The molecule has 0 amide bonds. The molecule has 1 aliphatic rings. The Labute approximate surface area is 78.5 Å². The normalized spacial score (nSPS) is 18.5. The van der Waals surface area contributed by atoms with E-state index in [0.717, 1.165) is 31.8 Å². The monoisotopic (exact) mass is 178 g/mol. The maximum absolute atomic E-state index is 5.78. The van der Waals surface area contributed by atoms with Crippen LogP contribution in [0.4, 0.5) is 0 Å². The molecule has 0 radical (unpaired) electrons. The minimum absolute atomic E-state index is 0.344. The summed E-state index contributed by atoms with van der Waals surface area (Å²) in [6.07, 6.45) is 2.36. The fourth-order valence-electron chi connectivity index (χ4n) is 1.49. The van der Waals surface area contributed by atoms with Gasteiger partial charge >= 0.3 is 0 Å². The Balaban J connectivity index is 1.90. The molecule has 1 aromatic rings. The van der Waals surface area contributed by atoms with E-state index in [1.807, 2.05) is 30.3 Å². The quantitative estimate of drug-likeness (QED) is 0.691. The van der Waals surface area contributed by atoms with E-state index in [1.54, 1.807) is 0 Å². The van der Waals surface area contributed by atoms with Crippen LogP contribution in [0.5, 0.6) is 5.75 Å². The maximum Gasteiger partial charge on any atom is 0.119 e. The second kappa shape index (κ2) is 4.28. The second-order valence-corrected chi connectivity index (χ2v) is 3.24. The van der Waals surface area contributed by atoms with Crippen molar-refractivity contribution in [2.24, 2.45) is 0 Å². The van der Waals surface area contributed by atoms with E-state index in [1.165, 1.54) is 0 Å². The third-order valence-corrected chi connectivity index (χ3v) is 2.21. The topological polar surface area (TPSA) is 18.5 Å². The van der Waals surface area contributed by atoms with Gasteiger partial charge in [-0.3, -0.25) is 0 Å². The third kappa shape index (κ3) is 2.46. The Morgan fingerprint density at radius 3 is 2.46 bits per heavy atom. The zero-order valence-corrected chi connectivity index (χ0v) is 7.61. The zero-order chi connectivity index (χ0) is 8.93. The van der Waals surface area contributed by atoms with Gasteiger partial charge in [0.1, 0.15) is 11.9 Å². The molecule has 0 aromatic heterocycles. The number of ether oxygens (including phenoxy) is 2. The molecule has 0 N–H and O–H groups in total. The molecule has 2 heteroatoms. The fraction of sp³-hybridized carbons (Fsp3) is 0.455. The second-order valence-electron chi connectivity index (χ2n) is 3.24. The standard InChI is InChI=1S/C11H14O2/c1-2-4-10(5-3-1)13-11-6-8-12-9-7-11/h1-5,11H,6-9H2. The van der Waals surface area contributed by atoms with Crippen LogP contribution in [0.1, 0.15) is 12.8 Å². The third-order valence-electron chi connectivity index (χ3n) is 2.21. The molecule has 0 atom stereocenters. The zero-order valence-electron chi connectivity index (χ0n) is 7.61. The van der Waals surface area contributed by atoms with Crippen molar-refractivity contribution in [3.8, 4) is 5.75 Å². The van der Waals surface area contributed by atoms with E-state index in [-0.39, 0.29) is 0 Å². The molecule has 70 valence electrons. The molecule has 2 nitrogen and oxygen atoms in total. The Kier molecular flexibility index (Phi) is 2.82. The largest absolute Gasteiger partial charge is 0.490 e. The van der Waals surface area contributed by atoms with Crippen LogP contribution < -0.4 is 4.74 Å². The van der Waals surface area contributed by atoms with Gasteiger partial charge in [0.05, 0.1) is 13.2 Å². The highest BCUT2D eigenvalue weighted by atomic mass is 16.5. The van der Waals surface area contributed by atoms with E-state index in [9.17, 15) is 0 Å². The first kappa shape index (κ1) is 8.57. The predicted octanol–water partition coefficient (Wildman–Crippen LogP) is 2.24. The number of rotatable bonds is 2. The summed E-state index contributed by atoms with van der Waals surface area (Å²) in [6.45, 7) is 1.66. The van der Waals surface area contributed by atoms with Crippen LogP contribution in [0, 0.1) is 0 Å². The molecule has 0 spiro atoms. The minimum Gasteiger partial charge on any atom is -0.490 e. The lowest BCUT2D eigenvalue weighted by molar-refractivity contribution is 0.0256. The van der Waals surface area contributed by atoms with Gasteiger partial charge in [-0.05, 0) is 12.1 Å². The van der Waals surface area contributed by atoms with Crippen molar-refractivity contribution in [2.45, 2.75) is 18.9 Å². The minimum atomic E-state index is 0.344. The van der Waals surface area contributed by atoms with Gasteiger partial charge < -0.3 is 9.47 Å². The lowest BCUT2D eigenvalue weighted by Crippen LogP contribution is -2.25. The molecule has 1 heterocycles. The summed E-state index contributed by atoms with van der Waals surface area (Å²) < 4.78 is 11.0. The van der Waals surface area contributed by atoms with Crippen molar-refractivity contribution in [2.75, 3.05) is 13.2 Å². The van der Waals surface area contributed by atoms with E-state index >= 15 is 0 Å². The molecule has 0 bridgehead atoms. The molecular weight excluding hydrogens is 164 g/mol. The van der Waals surface area contributed by atoms with Gasteiger partial charge in [0.15, 0.2) is 0 Å². The van der Waals surface area contributed by atoms with Gasteiger partial charge in [0, 0.05) is 12.8 Å². The van der Waals surface area contributed by atoms with Crippen molar-refractivity contribution >= 4 is 0 Å². The fourth-order valence-corrected chi connectivity index (χ4v) is 1.49. The highest BCUT2D eigenvalue weighted by molar-refractivity contribution is 5.21. The molecule has 0 saturated carbocycles. The molecule has 0 aliphatic carbocycles. The Hall–Kier alpha value is -1.02. The van der Waals surface area contributed by atoms with Crippen LogP contribution >= 0.6 is 0 Å². The number of para-hydroxylation sites is 1. The summed E-state index contributed by atoms with van der Waals surface area (Å²) in [5.41, 5.74) is 0. The van der Waals surface area contributed by atoms with E-state index in [0.29, 0.717) is 6.10 Å². The summed E-state index contributed by atoms with van der Waals surface area (Å²) in [4.78, 5) is 0. The smallest absolute Gasteiger partial charge is 0.119 e. The van der Waals surface area contributed by atoms with Crippen molar-refractivity contribution in [1.29, 1.82) is 0 Å². The van der Waals surface area contributed by atoms with Crippen LogP contribution in [0.2, 0.25) is 0 Å². The highest BCUT2D eigenvalue weighted by Gasteiger charge is 2.14. The summed E-state index contributed by atoms with van der Waals surface area (Å²) >= 11 is 0. The summed E-state index contributed by atoms with van der Waals surface area (Å²) in [6, 6.07) is 9.98. The van der Waals surface area contributed by atoms with E-state index < -0.39 is 0 Å². The van der Waals surface area contributed by atoms with Crippen LogP contribution in [0.25, 0.3) is 0 Å². The number of hydrogen-bond donors (Lipinski definition) is 0. The highest BCUT2D eigenvalue weighted by Crippen LogP contribution is 2.16. The van der Waals surface area contributed by atoms with Crippen LogP contribution in [-0.2, 0) is 4.74 Å². The Morgan fingerprint density at radius 2 is 1.77 bits per heavy atom. The lowest BCUT2D eigenvalue weighted by atomic mass is 10.1. The van der Waals surface area contributed by atoms with Crippen LogP contribution in [-0.4, -0.2) is 19.3 Å². The molecule has 1 fully saturated rings. The molecule has 1 saturated heterocycles. The van der Waals surface area contributed by atoms with Crippen LogP contribution in [0.15, 0.2) is 30.3 Å². The van der Waals surface area contributed by atoms with Crippen molar-refractivity contribution in [3.05, 3.63) is 30.3 Å². The van der Waals surface area contributed by atoms with Gasteiger partial charge in [-0.1, -0.05) is 18.2 Å². The summed E-state index contributed by atoms with van der Waals surface area (Å²) in [5, 5.41) is 0. The molecule has 13 heavy (non-hydrogen) atoms. The molecule has 1 aromatic carbocycles. The van der Waals surface area contributed by atoms with Crippen molar-refractivity contribution in [1.82, 2.24) is 0 Å². The van der Waals surface area contributed by atoms with E-state index in [4.69, 9.17) is 9.47 Å². The van der Waals surface area contributed by atoms with Gasteiger partial charge in [0.25, 0.3) is 0 Å². The predicted molar refractivity (Wildman–Crippen MR) is 50.9 cm³/mol. The first-order valence-corrected chi connectivity index (χ1v) is 4.74. The first-order valence-electron chi connectivity index (χ1n) is 4.74. The average Bonchev–Trinajstić information content (AvgIpc) is 2.21. The van der Waals surface area contributed by atoms with Gasteiger partial charge in [-0.15, -0.1) is 0 Å². The maximum atomic E-state index is 5.78. The number of hydrogen-bond acceptors (Lipinski definition) is 2. The van der Waals surface area contributed by atoms with Crippen LogP contribution in [0.3, 0.4) is 0 Å². The van der Waals surface area contributed by atoms with E-state index in [2.05, 4.69) is 0 Å². The molecular formula is C11H14O2. The molecule has 2 rings (SSSR count). The van der Waals surface area contributed by atoms with Gasteiger partial charge in [-0.2, -0.15) is 0 Å². The van der Waals surface area contributed by atoms with Crippen molar-refractivity contribution < 1.29 is 9.47 Å². The Bertz CT molecular complexity index is 240. The SMILES string of the molecule is c1ccc(OC2CCOCC2)cc1.